The number of fused-ring (bicyclic) bond motifs is 1. The Balaban J connectivity index is 2.04. The zero-order chi connectivity index (χ0) is 25.3. The molecule has 0 radical (unpaired) electrons. The van der Waals surface area contributed by atoms with E-state index in [1.165, 1.54) is 12.1 Å². The average Bonchev–Trinajstić information content (AvgIpc) is 2.71. The molecule has 0 saturated carbocycles. The first-order chi connectivity index (χ1) is 15.7. The maximum Gasteiger partial charge on any atom is 0.416 e. The quantitative estimate of drug-likeness (QED) is 0.567. The molecule has 0 aliphatic carbocycles. The molecule has 1 heterocycles. The summed E-state index contributed by atoms with van der Waals surface area (Å²) in [5.41, 5.74) is -1.32. The Morgan fingerprint density at radius 3 is 2.53 bits per heavy atom. The lowest BCUT2D eigenvalue weighted by Gasteiger charge is -2.35. The summed E-state index contributed by atoms with van der Waals surface area (Å²) in [7, 11) is -4.46. The van der Waals surface area contributed by atoms with Gasteiger partial charge < -0.3 is 9.47 Å². The molecule has 0 spiro atoms. The van der Waals surface area contributed by atoms with Crippen molar-refractivity contribution in [2.45, 2.75) is 56.4 Å². The van der Waals surface area contributed by atoms with Crippen molar-refractivity contribution in [1.29, 1.82) is 5.26 Å². The van der Waals surface area contributed by atoms with Crippen LogP contribution in [0.4, 0.5) is 18.9 Å². The van der Waals surface area contributed by atoms with Crippen LogP contribution in [0.3, 0.4) is 0 Å². The smallest absolute Gasteiger partial charge is 0.416 e. The van der Waals surface area contributed by atoms with Crippen molar-refractivity contribution in [2.24, 2.45) is 0 Å². The number of anilines is 1. The zero-order valence-corrected chi connectivity index (χ0v) is 19.5. The number of carbonyl (C=O) groups is 1. The molecule has 182 valence electrons. The van der Waals surface area contributed by atoms with Gasteiger partial charge in [-0.25, -0.2) is 8.42 Å². The first kappa shape index (κ1) is 25.4. The lowest BCUT2D eigenvalue weighted by molar-refractivity contribution is -0.153. The van der Waals surface area contributed by atoms with Gasteiger partial charge in [-0.2, -0.15) is 18.4 Å². The maximum atomic E-state index is 13.4. The second-order valence-corrected chi connectivity index (χ2v) is 10.6. The van der Waals surface area contributed by atoms with Crippen LogP contribution in [0, 0.1) is 11.3 Å². The molecule has 1 aliphatic heterocycles. The van der Waals surface area contributed by atoms with Crippen molar-refractivity contribution in [1.82, 2.24) is 0 Å². The highest BCUT2D eigenvalue weighted by atomic mass is 32.2. The molecule has 0 N–H and O–H groups in total. The van der Waals surface area contributed by atoms with Crippen LogP contribution in [0.2, 0.25) is 0 Å². The molecule has 0 bridgehead atoms. The molecule has 11 heteroatoms. The Morgan fingerprint density at radius 2 is 1.91 bits per heavy atom. The van der Waals surface area contributed by atoms with Crippen molar-refractivity contribution >= 4 is 21.7 Å². The van der Waals surface area contributed by atoms with E-state index in [9.17, 15) is 26.4 Å². The van der Waals surface area contributed by atoms with Crippen LogP contribution in [0.25, 0.3) is 0 Å². The van der Waals surface area contributed by atoms with Gasteiger partial charge in [-0.15, -0.1) is 0 Å². The van der Waals surface area contributed by atoms with Crippen LogP contribution < -0.4 is 9.04 Å². The van der Waals surface area contributed by atoms with E-state index in [1.807, 2.05) is 6.07 Å². The van der Waals surface area contributed by atoms with E-state index < -0.39 is 44.3 Å². The standard InChI is InChI=1S/C23H23F3N2O5S/c1-22(2,3)33-21(29)12-15-7-8-20-19(11-15)28(14-17(32-20)9-10-27)34(30,31)18-6-4-5-16(13-18)23(24,25)26/h4-8,11,13,17H,9,12,14H2,1-3H3. The molecule has 0 fully saturated rings. The summed E-state index contributed by atoms with van der Waals surface area (Å²) in [6.45, 7) is 4.86. The molecule has 0 amide bonds. The van der Waals surface area contributed by atoms with Gasteiger partial charge in [0.05, 0.1) is 41.6 Å². The number of ether oxygens (including phenoxy) is 2. The summed E-state index contributed by atoms with van der Waals surface area (Å²) in [6, 6.07) is 9.80. The Bertz CT molecular complexity index is 1230. The van der Waals surface area contributed by atoms with Crippen molar-refractivity contribution in [3.63, 3.8) is 0 Å². The molecule has 3 rings (SSSR count). The minimum atomic E-state index is -4.72. The van der Waals surface area contributed by atoms with Gasteiger partial charge in [0.1, 0.15) is 17.5 Å². The number of hydrogen-bond acceptors (Lipinski definition) is 6. The summed E-state index contributed by atoms with van der Waals surface area (Å²) >= 11 is 0. The second kappa shape index (κ2) is 9.18. The van der Waals surface area contributed by atoms with E-state index in [1.54, 1.807) is 26.8 Å². The van der Waals surface area contributed by atoms with Crippen LogP contribution >= 0.6 is 0 Å². The van der Waals surface area contributed by atoms with Crippen LogP contribution in [-0.4, -0.2) is 32.6 Å². The second-order valence-electron chi connectivity index (χ2n) is 8.73. The Labute approximate surface area is 195 Å². The van der Waals surface area contributed by atoms with Gasteiger partial charge in [0, 0.05) is 0 Å². The summed E-state index contributed by atoms with van der Waals surface area (Å²) in [5.74, 6) is -0.395. The van der Waals surface area contributed by atoms with E-state index in [0.717, 1.165) is 22.5 Å². The average molecular weight is 497 g/mol. The fraction of sp³-hybridized carbons (Fsp3) is 0.391. The summed E-state index contributed by atoms with van der Waals surface area (Å²) in [5, 5.41) is 9.06. The number of benzene rings is 2. The van der Waals surface area contributed by atoms with Gasteiger partial charge in [-0.1, -0.05) is 12.1 Å². The van der Waals surface area contributed by atoms with Crippen molar-refractivity contribution in [3.8, 4) is 11.8 Å². The Kier molecular flexibility index (Phi) is 6.85. The van der Waals surface area contributed by atoms with Crippen LogP contribution in [-0.2, 0) is 32.2 Å². The van der Waals surface area contributed by atoms with Gasteiger partial charge in [-0.05, 0) is 56.7 Å². The lowest BCUT2D eigenvalue weighted by atomic mass is 10.1. The van der Waals surface area contributed by atoms with Crippen LogP contribution in [0.5, 0.6) is 5.75 Å². The lowest BCUT2D eigenvalue weighted by Crippen LogP contribution is -2.43. The third-order valence-corrected chi connectivity index (χ3v) is 6.57. The SMILES string of the molecule is CC(C)(C)OC(=O)Cc1ccc2c(c1)N(S(=O)(=O)c1cccc(C(F)(F)F)c1)CC(CC#N)O2. The fourth-order valence-corrected chi connectivity index (χ4v) is 4.95. The summed E-state index contributed by atoms with van der Waals surface area (Å²) in [6.07, 6.45) is -5.83. The van der Waals surface area contributed by atoms with Gasteiger partial charge in [-0.3, -0.25) is 9.10 Å². The van der Waals surface area contributed by atoms with E-state index in [2.05, 4.69) is 0 Å². The molecular weight excluding hydrogens is 473 g/mol. The number of nitriles is 1. The van der Waals surface area contributed by atoms with E-state index in [-0.39, 0.29) is 30.8 Å². The van der Waals surface area contributed by atoms with Gasteiger partial charge in [0.25, 0.3) is 10.0 Å². The minimum absolute atomic E-state index is 0.0626. The Morgan fingerprint density at radius 1 is 1.21 bits per heavy atom. The van der Waals surface area contributed by atoms with Gasteiger partial charge >= 0.3 is 12.1 Å². The Hall–Kier alpha value is -3.26. The summed E-state index contributed by atoms with van der Waals surface area (Å²) < 4.78 is 78.4. The first-order valence-corrected chi connectivity index (χ1v) is 11.7. The van der Waals surface area contributed by atoms with E-state index in [4.69, 9.17) is 14.7 Å². The highest BCUT2D eigenvalue weighted by Gasteiger charge is 2.37. The molecule has 2 aromatic rings. The summed E-state index contributed by atoms with van der Waals surface area (Å²) in [4.78, 5) is 11.7. The van der Waals surface area contributed by atoms with E-state index in [0.29, 0.717) is 11.6 Å². The zero-order valence-electron chi connectivity index (χ0n) is 18.7. The number of carbonyl (C=O) groups excluding carboxylic acids is 1. The van der Waals surface area contributed by atoms with Crippen LogP contribution in [0.1, 0.15) is 38.3 Å². The predicted octanol–water partition coefficient (Wildman–Crippen LogP) is 4.46. The minimum Gasteiger partial charge on any atom is -0.485 e. The predicted molar refractivity (Wildman–Crippen MR) is 117 cm³/mol. The molecular formula is C23H23F3N2O5S. The first-order valence-electron chi connectivity index (χ1n) is 10.3. The number of rotatable bonds is 5. The highest BCUT2D eigenvalue weighted by molar-refractivity contribution is 7.92. The monoisotopic (exact) mass is 496 g/mol. The molecule has 1 aliphatic rings. The van der Waals surface area contributed by atoms with Crippen LogP contribution in [0.15, 0.2) is 47.4 Å². The number of sulfonamides is 1. The molecule has 1 unspecified atom stereocenters. The largest absolute Gasteiger partial charge is 0.485 e. The molecule has 0 aromatic heterocycles. The van der Waals surface area contributed by atoms with Crippen molar-refractivity contribution < 1.29 is 35.9 Å². The number of halogens is 3. The highest BCUT2D eigenvalue weighted by Crippen LogP contribution is 2.39. The third-order valence-electron chi connectivity index (χ3n) is 4.79. The molecule has 0 saturated heterocycles. The number of alkyl halides is 3. The van der Waals surface area contributed by atoms with E-state index >= 15 is 0 Å². The molecule has 1 atom stereocenters. The third kappa shape index (κ3) is 5.80. The topological polar surface area (TPSA) is 96.7 Å². The van der Waals surface area contributed by atoms with Crippen molar-refractivity contribution in [3.05, 3.63) is 53.6 Å². The normalized spacial score (nSPS) is 16.3. The number of esters is 1. The van der Waals surface area contributed by atoms with Gasteiger partial charge in [0.15, 0.2) is 0 Å². The number of hydrogen-bond donors (Lipinski definition) is 0. The fourth-order valence-electron chi connectivity index (χ4n) is 3.41. The molecule has 34 heavy (non-hydrogen) atoms. The van der Waals surface area contributed by atoms with Gasteiger partial charge in [0.2, 0.25) is 0 Å². The van der Waals surface area contributed by atoms with Crippen molar-refractivity contribution in [2.75, 3.05) is 10.8 Å². The molecule has 2 aromatic carbocycles. The maximum absolute atomic E-state index is 13.4. The molecule has 7 nitrogen and oxygen atoms in total. The number of nitrogens with zero attached hydrogens (tertiary/aromatic N) is 2.